The van der Waals surface area contributed by atoms with Crippen LogP contribution in [0.3, 0.4) is 0 Å². The fourth-order valence-electron chi connectivity index (χ4n) is 0. The van der Waals surface area contributed by atoms with Gasteiger partial charge in [0.2, 0.25) is 0 Å². The van der Waals surface area contributed by atoms with Crippen LogP contribution >= 0.6 is 0 Å². The molecule has 0 spiro atoms. The third-order valence-electron chi connectivity index (χ3n) is 0. The van der Waals surface area contributed by atoms with E-state index < -0.39 is 0 Å². The van der Waals surface area contributed by atoms with Gasteiger partial charge in [0.05, 0.1) is 0 Å². The first-order valence-electron chi connectivity index (χ1n) is 0. The van der Waals surface area contributed by atoms with Gasteiger partial charge in [-0.3, -0.25) is 0 Å². The molecule has 0 amide bonds. The van der Waals surface area contributed by atoms with Crippen LogP contribution in [0.25, 0.3) is 49.2 Å². The van der Waals surface area contributed by atoms with Crippen molar-refractivity contribution < 1.29 is 125 Å². The molecule has 0 rings (SSSR count). The van der Waals surface area contributed by atoms with Crippen molar-refractivity contribution in [2.45, 2.75) is 0 Å². The van der Waals surface area contributed by atoms with Crippen molar-refractivity contribution in [3.63, 3.8) is 0 Å². The van der Waals surface area contributed by atoms with Gasteiger partial charge < -0.3 is 49.2 Å². The van der Waals surface area contributed by atoms with Crippen molar-refractivity contribution in [2.75, 3.05) is 0 Å². The molecule has 0 atom stereocenters. The summed E-state index contributed by atoms with van der Waals surface area (Å²) in [5.41, 5.74) is 0. The second kappa shape index (κ2) is 293. The Morgan fingerprint density at radius 1 is 0.214 bits per heavy atom. The molecule has 0 saturated carbocycles. The predicted octanol–water partition coefficient (Wildman–Crippen LogP) is 2.29. The van der Waals surface area contributed by atoms with Gasteiger partial charge in [-0.1, -0.05) is 0 Å². The molecule has 0 heterocycles. The summed E-state index contributed by atoms with van der Waals surface area (Å²) in [4.78, 5) is 0. The number of rotatable bonds is 0. The van der Waals surface area contributed by atoms with Crippen molar-refractivity contribution in [1.82, 2.24) is 0 Å². The fourth-order valence-corrected chi connectivity index (χ4v) is 0. The molecule has 0 aliphatic carbocycles. The normalized spacial score (nSPS) is 0. The Bertz CT molecular complexity index is 19.8. The summed E-state index contributed by atoms with van der Waals surface area (Å²) in [6, 6.07) is 0. The molecule has 0 saturated heterocycles. The molecule has 0 aromatic heterocycles. The van der Waals surface area contributed by atoms with Gasteiger partial charge in [-0.15, -0.1) is 0 Å². The summed E-state index contributed by atoms with van der Waals surface area (Å²) in [6.45, 7) is 0. The van der Waals surface area contributed by atoms with E-state index in [-0.39, 0.29) is 175 Å². The average Bonchev–Trinajstić information content (AvgIpc) is 0. The van der Waals surface area contributed by atoms with Crippen LogP contribution in [0.4, 0.5) is 0 Å². The SMILES string of the molecule is [Ir+4].[Ir+4].[Ir+4].[N-3].[N-3].[N-3].[N-3].[N-3].[N-3].[N-3].[N-3].[Ti+4].[Ti+4].[Ti+4]. The zero-order chi connectivity index (χ0) is 0. The maximum absolute atomic E-state index is 0. The predicted molar refractivity (Wildman–Crippen MR) is 26.9 cm³/mol. The van der Waals surface area contributed by atoms with Crippen LogP contribution in [0.2, 0.25) is 0 Å². The quantitative estimate of drug-likeness (QED) is 0.319. The van der Waals surface area contributed by atoms with Crippen molar-refractivity contribution in [3.05, 3.63) is 49.2 Å². The average molecular weight is 832 g/mol. The molecule has 14 heavy (non-hydrogen) atoms. The van der Waals surface area contributed by atoms with Gasteiger partial charge in [0, 0.05) is 0 Å². The second-order valence-electron chi connectivity index (χ2n) is 0. The maximum atomic E-state index is 0. The summed E-state index contributed by atoms with van der Waals surface area (Å²) >= 11 is 0. The molecule has 0 fully saturated rings. The third kappa shape index (κ3) is 242. The molecule has 0 aliphatic rings. The van der Waals surface area contributed by atoms with Gasteiger partial charge in [-0.05, 0) is 0 Å². The minimum Gasteiger partial charge on any atom is -3.00 e. The number of nitrogens with zero attached hydrogens (tertiary/aromatic N) is 8. The Morgan fingerprint density at radius 2 is 0.214 bits per heavy atom. The first-order valence-corrected chi connectivity index (χ1v) is 0. The maximum Gasteiger partial charge on any atom is 4.00 e. The molecule has 0 aromatic carbocycles. The van der Waals surface area contributed by atoms with Crippen molar-refractivity contribution in [3.8, 4) is 0 Å². The Morgan fingerprint density at radius 3 is 0.214 bits per heavy atom. The molecular formula is Ir3N8Ti3. The van der Waals surface area contributed by atoms with Crippen LogP contribution in [0.15, 0.2) is 0 Å². The van der Waals surface area contributed by atoms with Crippen LogP contribution in [0, 0.1) is 0 Å². The van der Waals surface area contributed by atoms with E-state index in [0.717, 1.165) is 0 Å². The van der Waals surface area contributed by atoms with Crippen molar-refractivity contribution in [2.24, 2.45) is 0 Å². The Labute approximate surface area is 172 Å². The van der Waals surface area contributed by atoms with Crippen molar-refractivity contribution in [1.29, 1.82) is 0 Å². The summed E-state index contributed by atoms with van der Waals surface area (Å²) in [5.74, 6) is 0. The Balaban J connectivity index is 0. The van der Waals surface area contributed by atoms with Gasteiger partial charge in [-0.25, -0.2) is 0 Å². The topological polar surface area (TPSA) is 244 Å². The van der Waals surface area contributed by atoms with E-state index in [0.29, 0.717) is 0 Å². The summed E-state index contributed by atoms with van der Waals surface area (Å²) < 4.78 is 0. The van der Waals surface area contributed by atoms with Gasteiger partial charge in [-0.2, -0.15) is 0 Å². The zero-order valence-electron chi connectivity index (χ0n) is 6.08. The molecular weight excluding hydrogens is 832 g/mol. The van der Waals surface area contributed by atoms with Crippen LogP contribution in [0.1, 0.15) is 0 Å². The van der Waals surface area contributed by atoms with Gasteiger partial charge in [0.15, 0.2) is 0 Å². The Kier molecular flexibility index (Phi) is 7370. The molecule has 79 valence electrons. The van der Waals surface area contributed by atoms with Gasteiger partial charge in [0.1, 0.15) is 0 Å². The molecule has 0 aliphatic heterocycles. The van der Waals surface area contributed by atoms with E-state index >= 15 is 0 Å². The largest absolute Gasteiger partial charge is 4.00 e. The van der Waals surface area contributed by atoms with Crippen LogP contribution in [-0.4, -0.2) is 0 Å². The van der Waals surface area contributed by atoms with Crippen LogP contribution in [0.5, 0.6) is 0 Å². The number of hydrogen-bond acceptors (Lipinski definition) is 0. The smallest absolute Gasteiger partial charge is 3.00 e. The fraction of sp³-hybridized carbons (Fsp3) is 0. The monoisotopic (exact) mass is 835 g/mol. The first kappa shape index (κ1) is 352. The summed E-state index contributed by atoms with van der Waals surface area (Å²) in [7, 11) is 0. The molecule has 14 heteroatoms. The van der Waals surface area contributed by atoms with E-state index in [1.54, 1.807) is 0 Å². The standard InChI is InChI=1S/3Ir.8N.3Ti/q3*+4;8*-3;3*+4. The summed E-state index contributed by atoms with van der Waals surface area (Å²) in [6.07, 6.45) is 0. The van der Waals surface area contributed by atoms with E-state index in [1.807, 2.05) is 0 Å². The van der Waals surface area contributed by atoms with Crippen molar-refractivity contribution >= 4 is 0 Å². The molecule has 0 bridgehead atoms. The minimum atomic E-state index is 0. The number of hydrogen-bond donors (Lipinski definition) is 0. The van der Waals surface area contributed by atoms with Crippen LogP contribution < -0.4 is 0 Å². The minimum absolute atomic E-state index is 0. The molecule has 3 radical (unpaired) electrons. The van der Waals surface area contributed by atoms with E-state index in [4.69, 9.17) is 0 Å². The Hall–Kier alpha value is 3.77. The van der Waals surface area contributed by atoms with Gasteiger partial charge >= 0.3 is 125 Å². The molecule has 0 N–H and O–H groups in total. The summed E-state index contributed by atoms with van der Waals surface area (Å²) in [5, 5.41) is 0. The molecule has 8 nitrogen and oxygen atoms in total. The van der Waals surface area contributed by atoms with E-state index in [2.05, 4.69) is 0 Å². The third-order valence-corrected chi connectivity index (χ3v) is 0. The van der Waals surface area contributed by atoms with Gasteiger partial charge in [0.25, 0.3) is 0 Å². The zero-order valence-corrected chi connectivity index (χ0v) is 17.9. The van der Waals surface area contributed by atoms with E-state index in [9.17, 15) is 0 Å². The van der Waals surface area contributed by atoms with Crippen LogP contribution in [-0.2, 0) is 125 Å². The molecule has 0 aromatic rings. The van der Waals surface area contributed by atoms with E-state index in [1.165, 1.54) is 0 Å². The first-order chi connectivity index (χ1) is 0. The molecule has 0 unspecified atom stereocenters. The second-order valence-corrected chi connectivity index (χ2v) is 0.